The number of nitriles is 1. The van der Waals surface area contributed by atoms with Crippen molar-refractivity contribution >= 4 is 11.6 Å². The lowest BCUT2D eigenvalue weighted by molar-refractivity contribution is 0.367. The lowest BCUT2D eigenvalue weighted by Gasteiger charge is -2.28. The van der Waals surface area contributed by atoms with Crippen molar-refractivity contribution in [2.75, 3.05) is 0 Å². The average molecular weight is 303 g/mol. The molecule has 0 aliphatic heterocycles. The molecule has 0 saturated heterocycles. The zero-order valence-corrected chi connectivity index (χ0v) is 13.1. The van der Waals surface area contributed by atoms with Gasteiger partial charge in [0, 0.05) is 5.02 Å². The van der Waals surface area contributed by atoms with Crippen LogP contribution >= 0.6 is 11.6 Å². The minimum Gasteiger partial charge on any atom is -0.251 e. The largest absolute Gasteiger partial charge is 0.251 e. The molecule has 0 amide bonds. The summed E-state index contributed by atoms with van der Waals surface area (Å²) in [6.45, 7) is 4.83. The molecule has 0 N–H and O–H groups in total. The van der Waals surface area contributed by atoms with Gasteiger partial charge in [-0.1, -0.05) is 37.6 Å². The van der Waals surface area contributed by atoms with Crippen LogP contribution in [0.3, 0.4) is 0 Å². The van der Waals surface area contributed by atoms with E-state index in [4.69, 9.17) is 11.6 Å². The molecule has 1 heterocycles. The second-order valence-corrected chi connectivity index (χ2v) is 6.16. The van der Waals surface area contributed by atoms with Crippen LogP contribution < -0.4 is 0 Å². The maximum atomic E-state index is 9.87. The van der Waals surface area contributed by atoms with E-state index in [0.29, 0.717) is 17.5 Å². The summed E-state index contributed by atoms with van der Waals surface area (Å²) in [6, 6.07) is 10.0. The quantitative estimate of drug-likeness (QED) is 0.815. The average Bonchev–Trinajstić information content (AvgIpc) is 2.97. The summed E-state index contributed by atoms with van der Waals surface area (Å²) in [4.78, 5) is 3.96. The van der Waals surface area contributed by atoms with Gasteiger partial charge in [0.2, 0.25) is 0 Å². The Morgan fingerprint density at radius 2 is 2.05 bits per heavy atom. The van der Waals surface area contributed by atoms with Crippen LogP contribution in [-0.4, -0.2) is 14.8 Å². The highest BCUT2D eigenvalue weighted by atomic mass is 35.5. The van der Waals surface area contributed by atoms with E-state index < -0.39 is 5.41 Å². The first kappa shape index (κ1) is 15.5. The van der Waals surface area contributed by atoms with Crippen molar-refractivity contribution in [3.8, 4) is 6.07 Å². The fourth-order valence-corrected chi connectivity index (χ4v) is 2.49. The van der Waals surface area contributed by atoms with Gasteiger partial charge in [0.1, 0.15) is 18.1 Å². The third-order valence-electron chi connectivity index (χ3n) is 3.66. The highest BCUT2D eigenvalue weighted by molar-refractivity contribution is 6.30. The molecule has 0 saturated carbocycles. The van der Waals surface area contributed by atoms with Crippen LogP contribution in [0.25, 0.3) is 0 Å². The van der Waals surface area contributed by atoms with E-state index in [9.17, 15) is 5.26 Å². The summed E-state index contributed by atoms with van der Waals surface area (Å²) in [5.74, 6) is 0.542. The van der Waals surface area contributed by atoms with E-state index in [1.165, 1.54) is 6.33 Å². The van der Waals surface area contributed by atoms with Gasteiger partial charge in [0.25, 0.3) is 0 Å². The predicted molar refractivity (Wildman–Crippen MR) is 82.8 cm³/mol. The van der Waals surface area contributed by atoms with Crippen molar-refractivity contribution in [1.82, 2.24) is 14.8 Å². The maximum absolute atomic E-state index is 9.87. The lowest BCUT2D eigenvalue weighted by Crippen LogP contribution is -2.31. The Balaban J connectivity index is 2.35. The molecule has 0 aliphatic rings. The smallest absolute Gasteiger partial charge is 0.137 e. The molecule has 0 spiro atoms. The number of rotatable bonds is 6. The standard InChI is InChI=1S/C16H19ClN4/c1-13(2)7-8-16(9-18,10-21-12-19-11-20-21)14-3-5-15(17)6-4-14/h3-6,11-13H,7-8,10H2,1-2H3. The van der Waals surface area contributed by atoms with Crippen LogP contribution in [0.5, 0.6) is 0 Å². The second kappa shape index (κ2) is 6.73. The molecular weight excluding hydrogens is 284 g/mol. The molecule has 0 fully saturated rings. The van der Waals surface area contributed by atoms with Crippen LogP contribution in [0, 0.1) is 17.2 Å². The monoisotopic (exact) mass is 302 g/mol. The Morgan fingerprint density at radius 3 is 2.57 bits per heavy atom. The normalized spacial score (nSPS) is 13.9. The van der Waals surface area contributed by atoms with Gasteiger partial charge in [-0.3, -0.25) is 4.68 Å². The number of nitrogens with zero attached hydrogens (tertiary/aromatic N) is 4. The topological polar surface area (TPSA) is 54.5 Å². The third-order valence-corrected chi connectivity index (χ3v) is 3.91. The summed E-state index contributed by atoms with van der Waals surface area (Å²) >= 11 is 5.96. The Bertz CT molecular complexity index is 598. The van der Waals surface area contributed by atoms with E-state index in [0.717, 1.165) is 18.4 Å². The van der Waals surface area contributed by atoms with Crippen LogP contribution in [0.2, 0.25) is 5.02 Å². The van der Waals surface area contributed by atoms with Crippen molar-refractivity contribution in [1.29, 1.82) is 5.26 Å². The zero-order chi connectivity index (χ0) is 15.3. The Labute approximate surface area is 130 Å². The predicted octanol–water partition coefficient (Wildman–Crippen LogP) is 3.83. The summed E-state index contributed by atoms with van der Waals surface area (Å²) < 4.78 is 1.72. The summed E-state index contributed by atoms with van der Waals surface area (Å²) in [5.41, 5.74) is 0.369. The fraction of sp³-hybridized carbons (Fsp3) is 0.438. The Kier molecular flexibility index (Phi) is 4.98. The number of halogens is 1. The van der Waals surface area contributed by atoms with Crippen molar-refractivity contribution < 1.29 is 0 Å². The third kappa shape index (κ3) is 3.83. The van der Waals surface area contributed by atoms with Gasteiger partial charge in [-0.15, -0.1) is 0 Å². The number of hydrogen-bond donors (Lipinski definition) is 0. The lowest BCUT2D eigenvalue weighted by atomic mass is 9.76. The van der Waals surface area contributed by atoms with E-state index in [1.54, 1.807) is 11.0 Å². The first-order chi connectivity index (χ1) is 10.1. The Hall–Kier alpha value is -1.86. The van der Waals surface area contributed by atoms with E-state index >= 15 is 0 Å². The van der Waals surface area contributed by atoms with Gasteiger partial charge in [0.15, 0.2) is 0 Å². The van der Waals surface area contributed by atoms with Crippen molar-refractivity contribution in [2.24, 2.45) is 5.92 Å². The summed E-state index contributed by atoms with van der Waals surface area (Å²) in [5, 5.41) is 14.7. The molecule has 1 aromatic carbocycles. The minimum absolute atomic E-state index is 0.498. The molecule has 0 radical (unpaired) electrons. The first-order valence-corrected chi connectivity index (χ1v) is 7.43. The fourth-order valence-electron chi connectivity index (χ4n) is 2.37. The molecule has 0 bridgehead atoms. The molecule has 1 atom stereocenters. The van der Waals surface area contributed by atoms with Gasteiger partial charge in [0.05, 0.1) is 12.6 Å². The molecule has 0 aliphatic carbocycles. The molecule has 2 rings (SSSR count). The van der Waals surface area contributed by atoms with Gasteiger partial charge in [-0.05, 0) is 36.5 Å². The molecule has 4 nitrogen and oxygen atoms in total. The summed E-state index contributed by atoms with van der Waals surface area (Å²) in [7, 11) is 0. The molecule has 1 unspecified atom stereocenters. The SMILES string of the molecule is CC(C)CCC(C#N)(Cn1cncn1)c1ccc(Cl)cc1. The van der Waals surface area contributed by atoms with Crippen LogP contribution in [0.1, 0.15) is 32.3 Å². The highest BCUT2D eigenvalue weighted by Gasteiger charge is 2.33. The van der Waals surface area contributed by atoms with Crippen LogP contribution in [0.4, 0.5) is 0 Å². The van der Waals surface area contributed by atoms with Crippen molar-refractivity contribution in [3.05, 3.63) is 47.5 Å². The molecular formula is C16H19ClN4. The highest BCUT2D eigenvalue weighted by Crippen LogP contribution is 2.33. The van der Waals surface area contributed by atoms with Gasteiger partial charge >= 0.3 is 0 Å². The first-order valence-electron chi connectivity index (χ1n) is 7.05. The van der Waals surface area contributed by atoms with E-state index in [-0.39, 0.29) is 0 Å². The zero-order valence-electron chi connectivity index (χ0n) is 12.3. The van der Waals surface area contributed by atoms with E-state index in [2.05, 4.69) is 30.0 Å². The molecule has 2 aromatic rings. The number of benzene rings is 1. The van der Waals surface area contributed by atoms with Crippen molar-refractivity contribution in [2.45, 2.75) is 38.6 Å². The second-order valence-electron chi connectivity index (χ2n) is 5.73. The van der Waals surface area contributed by atoms with Crippen LogP contribution in [0.15, 0.2) is 36.9 Å². The molecule has 5 heteroatoms. The molecule has 110 valence electrons. The van der Waals surface area contributed by atoms with E-state index in [1.807, 2.05) is 24.3 Å². The minimum atomic E-state index is -0.609. The Morgan fingerprint density at radius 1 is 1.33 bits per heavy atom. The number of hydrogen-bond acceptors (Lipinski definition) is 3. The molecule has 21 heavy (non-hydrogen) atoms. The molecule has 1 aromatic heterocycles. The number of aromatic nitrogens is 3. The van der Waals surface area contributed by atoms with Crippen LogP contribution in [-0.2, 0) is 12.0 Å². The van der Waals surface area contributed by atoms with Crippen molar-refractivity contribution in [3.63, 3.8) is 0 Å². The van der Waals surface area contributed by atoms with Gasteiger partial charge in [-0.25, -0.2) is 4.98 Å². The summed E-state index contributed by atoms with van der Waals surface area (Å²) in [6.07, 6.45) is 4.90. The van der Waals surface area contributed by atoms with Gasteiger partial charge in [-0.2, -0.15) is 10.4 Å². The van der Waals surface area contributed by atoms with Gasteiger partial charge < -0.3 is 0 Å². The maximum Gasteiger partial charge on any atom is 0.137 e.